The van der Waals surface area contributed by atoms with E-state index < -0.39 is 0 Å². The molecule has 2 atom stereocenters. The van der Waals surface area contributed by atoms with Crippen LogP contribution in [0, 0.1) is 25.7 Å². The summed E-state index contributed by atoms with van der Waals surface area (Å²) in [5.74, 6) is 1.90. The number of rotatable bonds is 5. The molecule has 0 bridgehead atoms. The van der Waals surface area contributed by atoms with E-state index in [4.69, 9.17) is 0 Å². The molecule has 0 aromatic heterocycles. The van der Waals surface area contributed by atoms with Crippen LogP contribution >= 0.6 is 0 Å². The number of benzene rings is 1. The van der Waals surface area contributed by atoms with Gasteiger partial charge in [-0.25, -0.2) is 0 Å². The highest BCUT2D eigenvalue weighted by Gasteiger charge is 2.33. The van der Waals surface area contributed by atoms with E-state index in [-0.39, 0.29) is 5.78 Å². The Morgan fingerprint density at radius 1 is 1.39 bits per heavy atom. The van der Waals surface area contributed by atoms with Crippen molar-refractivity contribution in [2.24, 2.45) is 11.8 Å². The molecule has 1 fully saturated rings. The molecule has 1 saturated carbocycles. The van der Waals surface area contributed by atoms with Gasteiger partial charge in [0, 0.05) is 12.1 Å². The zero-order valence-electron chi connectivity index (χ0n) is 11.9. The summed E-state index contributed by atoms with van der Waals surface area (Å²) in [5, 5.41) is 0. The zero-order valence-corrected chi connectivity index (χ0v) is 11.9. The fourth-order valence-corrected chi connectivity index (χ4v) is 2.58. The quantitative estimate of drug-likeness (QED) is 0.743. The van der Waals surface area contributed by atoms with E-state index >= 15 is 0 Å². The summed E-state index contributed by atoms with van der Waals surface area (Å²) in [7, 11) is 2.05. The van der Waals surface area contributed by atoms with Gasteiger partial charge in [-0.15, -0.1) is 0 Å². The lowest BCUT2D eigenvalue weighted by Gasteiger charge is -2.16. The van der Waals surface area contributed by atoms with Crippen molar-refractivity contribution in [2.45, 2.75) is 27.2 Å². The maximum atomic E-state index is 12.2. The molecule has 0 heterocycles. The smallest absolute Gasteiger partial charge is 0.177 e. The predicted octanol–water partition coefficient (Wildman–Crippen LogP) is 3.07. The Labute approximate surface area is 110 Å². The lowest BCUT2D eigenvalue weighted by atomic mass is 10.0. The molecule has 2 heteroatoms. The van der Waals surface area contributed by atoms with Crippen molar-refractivity contribution >= 4 is 5.78 Å². The van der Waals surface area contributed by atoms with Gasteiger partial charge in [0.1, 0.15) is 0 Å². The van der Waals surface area contributed by atoms with Crippen molar-refractivity contribution in [3.8, 4) is 0 Å². The second-order valence-electron chi connectivity index (χ2n) is 5.91. The van der Waals surface area contributed by atoms with Crippen LogP contribution in [0.15, 0.2) is 18.2 Å². The molecule has 0 amide bonds. The SMILES string of the molecule is Cc1ccc(C(=O)CN(C)CC2CC2C)c(C)c1. The minimum absolute atomic E-state index is 0.239. The third-order valence-corrected chi connectivity index (χ3v) is 3.92. The number of hydrogen-bond acceptors (Lipinski definition) is 2. The standard InChI is InChI=1S/C16H23NO/c1-11-5-6-15(13(3)7-11)16(18)10-17(4)9-14-8-12(14)2/h5-7,12,14H,8-10H2,1-4H3. The topological polar surface area (TPSA) is 20.3 Å². The molecular formula is C16H23NO. The van der Waals surface area contributed by atoms with Crippen LogP contribution in [0.3, 0.4) is 0 Å². The highest BCUT2D eigenvalue weighted by molar-refractivity contribution is 5.98. The van der Waals surface area contributed by atoms with Crippen LogP contribution in [0.1, 0.15) is 34.8 Å². The van der Waals surface area contributed by atoms with Gasteiger partial charge in [0.2, 0.25) is 0 Å². The van der Waals surface area contributed by atoms with Gasteiger partial charge in [-0.3, -0.25) is 9.69 Å². The summed E-state index contributed by atoms with van der Waals surface area (Å²) in [6.07, 6.45) is 1.32. The van der Waals surface area contributed by atoms with Crippen LogP contribution in [0.4, 0.5) is 0 Å². The number of ketones is 1. The average Bonchev–Trinajstić information content (AvgIpc) is 2.93. The number of Topliss-reactive ketones (excluding diaryl/α,β-unsaturated/α-hetero) is 1. The molecule has 2 unspecified atom stereocenters. The Kier molecular flexibility index (Phi) is 3.86. The average molecular weight is 245 g/mol. The molecule has 0 N–H and O–H groups in total. The predicted molar refractivity (Wildman–Crippen MR) is 75.0 cm³/mol. The van der Waals surface area contributed by atoms with Crippen LogP contribution in [-0.4, -0.2) is 30.8 Å². The first kappa shape index (κ1) is 13.3. The molecule has 2 nitrogen and oxygen atoms in total. The number of nitrogens with zero attached hydrogens (tertiary/aromatic N) is 1. The number of carbonyl (C=O) groups is 1. The second kappa shape index (κ2) is 5.23. The summed E-state index contributed by atoms with van der Waals surface area (Å²) in [5.41, 5.74) is 3.17. The maximum Gasteiger partial charge on any atom is 0.177 e. The van der Waals surface area contributed by atoms with Crippen molar-refractivity contribution in [2.75, 3.05) is 20.1 Å². The van der Waals surface area contributed by atoms with Crippen LogP contribution < -0.4 is 0 Å². The van der Waals surface area contributed by atoms with Gasteiger partial charge in [0.05, 0.1) is 6.54 Å². The zero-order chi connectivity index (χ0) is 13.3. The van der Waals surface area contributed by atoms with E-state index in [1.807, 2.05) is 26.1 Å². The van der Waals surface area contributed by atoms with Crippen molar-refractivity contribution in [3.05, 3.63) is 34.9 Å². The number of aryl methyl sites for hydroxylation is 2. The molecule has 1 aromatic carbocycles. The molecule has 1 aliphatic carbocycles. The molecule has 98 valence electrons. The summed E-state index contributed by atoms with van der Waals surface area (Å²) in [4.78, 5) is 14.4. The van der Waals surface area contributed by atoms with Crippen molar-refractivity contribution in [1.82, 2.24) is 4.90 Å². The van der Waals surface area contributed by atoms with E-state index in [0.29, 0.717) is 6.54 Å². The fraction of sp³-hybridized carbons (Fsp3) is 0.562. The molecule has 0 aliphatic heterocycles. The Morgan fingerprint density at radius 2 is 2.06 bits per heavy atom. The lowest BCUT2D eigenvalue weighted by Crippen LogP contribution is -2.28. The van der Waals surface area contributed by atoms with Gasteiger partial charge in [-0.05, 0) is 44.7 Å². The van der Waals surface area contributed by atoms with Crippen LogP contribution in [-0.2, 0) is 0 Å². The van der Waals surface area contributed by atoms with Crippen molar-refractivity contribution in [1.29, 1.82) is 0 Å². The molecule has 0 spiro atoms. The van der Waals surface area contributed by atoms with E-state index in [0.717, 1.165) is 29.5 Å². The minimum atomic E-state index is 0.239. The normalized spacial score (nSPS) is 22.3. The molecule has 2 rings (SSSR count). The van der Waals surface area contributed by atoms with Crippen LogP contribution in [0.2, 0.25) is 0 Å². The number of carbonyl (C=O) groups excluding carboxylic acids is 1. The molecule has 0 saturated heterocycles. The molecule has 18 heavy (non-hydrogen) atoms. The monoisotopic (exact) mass is 245 g/mol. The second-order valence-corrected chi connectivity index (χ2v) is 5.91. The minimum Gasteiger partial charge on any atom is -0.299 e. The molecular weight excluding hydrogens is 222 g/mol. The highest BCUT2D eigenvalue weighted by atomic mass is 16.1. The van der Waals surface area contributed by atoms with E-state index in [1.54, 1.807) is 0 Å². The van der Waals surface area contributed by atoms with Gasteiger partial charge in [-0.1, -0.05) is 30.7 Å². The lowest BCUT2D eigenvalue weighted by molar-refractivity contribution is 0.0943. The summed E-state index contributed by atoms with van der Waals surface area (Å²) in [6, 6.07) is 6.06. The maximum absolute atomic E-state index is 12.2. The first-order chi connectivity index (χ1) is 8.47. The highest BCUT2D eigenvalue weighted by Crippen LogP contribution is 2.37. The van der Waals surface area contributed by atoms with Gasteiger partial charge < -0.3 is 0 Å². The van der Waals surface area contributed by atoms with E-state index in [9.17, 15) is 4.79 Å². The van der Waals surface area contributed by atoms with Gasteiger partial charge >= 0.3 is 0 Å². The van der Waals surface area contributed by atoms with Crippen molar-refractivity contribution < 1.29 is 4.79 Å². The summed E-state index contributed by atoms with van der Waals surface area (Å²) < 4.78 is 0. The van der Waals surface area contributed by atoms with E-state index in [2.05, 4.69) is 24.8 Å². The fourth-order valence-electron chi connectivity index (χ4n) is 2.58. The first-order valence-electron chi connectivity index (χ1n) is 6.76. The molecule has 0 radical (unpaired) electrons. The Hall–Kier alpha value is -1.15. The summed E-state index contributed by atoms with van der Waals surface area (Å²) >= 11 is 0. The van der Waals surface area contributed by atoms with Gasteiger partial charge in [0.25, 0.3) is 0 Å². The Morgan fingerprint density at radius 3 is 2.61 bits per heavy atom. The third-order valence-electron chi connectivity index (χ3n) is 3.92. The summed E-state index contributed by atoms with van der Waals surface area (Å²) in [6.45, 7) is 7.94. The van der Waals surface area contributed by atoms with Crippen molar-refractivity contribution in [3.63, 3.8) is 0 Å². The number of likely N-dealkylation sites (N-methyl/N-ethyl adjacent to an activating group) is 1. The molecule has 1 aliphatic rings. The van der Waals surface area contributed by atoms with Gasteiger partial charge in [0.15, 0.2) is 5.78 Å². The van der Waals surface area contributed by atoms with Gasteiger partial charge in [-0.2, -0.15) is 0 Å². The van der Waals surface area contributed by atoms with Crippen LogP contribution in [0.5, 0.6) is 0 Å². The molecule has 1 aromatic rings. The Bertz CT molecular complexity index is 452. The Balaban J connectivity index is 1.94. The van der Waals surface area contributed by atoms with E-state index in [1.165, 1.54) is 12.0 Å². The van der Waals surface area contributed by atoms with Crippen LogP contribution in [0.25, 0.3) is 0 Å². The number of hydrogen-bond donors (Lipinski definition) is 0. The first-order valence-corrected chi connectivity index (χ1v) is 6.76. The largest absolute Gasteiger partial charge is 0.299 e. The third kappa shape index (κ3) is 3.20.